The summed E-state index contributed by atoms with van der Waals surface area (Å²) in [6, 6.07) is 9.22. The van der Waals surface area contributed by atoms with Crippen molar-refractivity contribution < 1.29 is 27.1 Å². The van der Waals surface area contributed by atoms with E-state index in [1.807, 2.05) is 0 Å². The molecule has 0 aliphatic heterocycles. The van der Waals surface area contributed by atoms with Gasteiger partial charge in [0.1, 0.15) is 16.5 Å². The summed E-state index contributed by atoms with van der Waals surface area (Å²) < 4.78 is 44.2. The average Bonchev–Trinajstić information content (AvgIpc) is 3.35. The number of amides is 1. The lowest BCUT2D eigenvalue weighted by Gasteiger charge is -2.14. The van der Waals surface area contributed by atoms with Gasteiger partial charge >= 0.3 is 0 Å². The lowest BCUT2D eigenvalue weighted by Crippen LogP contribution is -2.18. The second kappa shape index (κ2) is 8.76. The monoisotopic (exact) mass is 432 g/mol. The predicted molar refractivity (Wildman–Crippen MR) is 111 cm³/mol. The summed E-state index contributed by atoms with van der Waals surface area (Å²) >= 11 is 0. The highest BCUT2D eigenvalue weighted by atomic mass is 32.2. The average molecular weight is 432 g/mol. The van der Waals surface area contributed by atoms with Crippen LogP contribution in [0.5, 0.6) is 5.75 Å². The Hall–Kier alpha value is -3.04. The van der Waals surface area contributed by atoms with E-state index >= 15 is 0 Å². The van der Waals surface area contributed by atoms with E-state index in [2.05, 4.69) is 5.32 Å². The molecule has 2 heterocycles. The minimum Gasteiger partial charge on any atom is -0.497 e. The molecule has 3 aromatic rings. The SMILES string of the molecule is COCCn1c(C)c(C)c(S(=O)(=O)c2ccc(OC)cc2)c1NC(=O)c1ccco1. The van der Waals surface area contributed by atoms with Crippen molar-refractivity contribution in [3.63, 3.8) is 0 Å². The third kappa shape index (κ3) is 3.99. The Morgan fingerprint density at radius 2 is 1.83 bits per heavy atom. The van der Waals surface area contributed by atoms with Gasteiger partial charge in [0.15, 0.2) is 5.76 Å². The summed E-state index contributed by atoms with van der Waals surface area (Å²) in [4.78, 5) is 12.8. The predicted octanol–water partition coefficient (Wildman–Crippen LogP) is 3.44. The quantitative estimate of drug-likeness (QED) is 0.585. The fourth-order valence-corrected chi connectivity index (χ4v) is 4.90. The number of nitrogens with one attached hydrogen (secondary N) is 1. The van der Waals surface area contributed by atoms with Crippen molar-refractivity contribution >= 4 is 21.6 Å². The Labute approximate surface area is 175 Å². The Balaban J connectivity index is 2.15. The smallest absolute Gasteiger partial charge is 0.292 e. The molecule has 8 nitrogen and oxygen atoms in total. The van der Waals surface area contributed by atoms with Crippen LogP contribution < -0.4 is 10.1 Å². The lowest BCUT2D eigenvalue weighted by molar-refractivity contribution is 0.0995. The van der Waals surface area contributed by atoms with Crippen LogP contribution in [0.2, 0.25) is 0 Å². The van der Waals surface area contributed by atoms with Crippen LogP contribution in [0.4, 0.5) is 5.82 Å². The van der Waals surface area contributed by atoms with Crippen LogP contribution in [-0.4, -0.2) is 39.7 Å². The van der Waals surface area contributed by atoms with E-state index in [4.69, 9.17) is 13.9 Å². The molecule has 0 radical (unpaired) electrons. The molecular formula is C21H24N2O6S. The Kier molecular flexibility index (Phi) is 6.33. The van der Waals surface area contributed by atoms with Gasteiger partial charge in [0, 0.05) is 19.3 Å². The normalized spacial score (nSPS) is 11.5. The van der Waals surface area contributed by atoms with Gasteiger partial charge in [0.05, 0.1) is 24.9 Å². The summed E-state index contributed by atoms with van der Waals surface area (Å²) in [5.74, 6) is 0.269. The number of carbonyl (C=O) groups is 1. The first-order valence-electron chi connectivity index (χ1n) is 9.23. The number of benzene rings is 1. The minimum absolute atomic E-state index is 0.0428. The molecule has 160 valence electrons. The number of rotatable bonds is 8. The maximum absolute atomic E-state index is 13.5. The van der Waals surface area contributed by atoms with E-state index in [9.17, 15) is 13.2 Å². The van der Waals surface area contributed by atoms with Crippen LogP contribution in [0.1, 0.15) is 21.8 Å². The number of methoxy groups -OCH3 is 2. The van der Waals surface area contributed by atoms with Gasteiger partial charge in [-0.05, 0) is 55.8 Å². The molecule has 3 rings (SSSR count). The molecule has 0 aliphatic carbocycles. The third-order valence-corrected chi connectivity index (χ3v) is 6.84. The van der Waals surface area contributed by atoms with Crippen molar-refractivity contribution in [1.29, 1.82) is 0 Å². The molecule has 1 aromatic carbocycles. The van der Waals surface area contributed by atoms with E-state index in [1.54, 1.807) is 43.7 Å². The number of aromatic nitrogens is 1. The lowest BCUT2D eigenvalue weighted by atomic mass is 10.3. The molecule has 0 saturated carbocycles. The number of hydrogen-bond donors (Lipinski definition) is 1. The number of furan rings is 1. The van der Waals surface area contributed by atoms with Gasteiger partial charge in [-0.2, -0.15) is 0 Å². The largest absolute Gasteiger partial charge is 0.497 e. The van der Waals surface area contributed by atoms with Crippen molar-refractivity contribution in [3.8, 4) is 5.75 Å². The number of ether oxygens (including phenoxy) is 2. The zero-order chi connectivity index (χ0) is 21.9. The van der Waals surface area contributed by atoms with Gasteiger partial charge in [0.2, 0.25) is 9.84 Å². The molecule has 1 amide bonds. The van der Waals surface area contributed by atoms with Crippen LogP contribution in [0.15, 0.2) is 56.9 Å². The van der Waals surface area contributed by atoms with E-state index < -0.39 is 15.7 Å². The Morgan fingerprint density at radius 1 is 1.13 bits per heavy atom. The van der Waals surface area contributed by atoms with Gasteiger partial charge < -0.3 is 23.8 Å². The number of nitrogens with zero attached hydrogens (tertiary/aromatic N) is 1. The molecule has 1 N–H and O–H groups in total. The topological polar surface area (TPSA) is 99.8 Å². The van der Waals surface area contributed by atoms with Crippen LogP contribution in [0, 0.1) is 13.8 Å². The van der Waals surface area contributed by atoms with E-state index in [1.165, 1.54) is 31.6 Å². The first-order chi connectivity index (χ1) is 14.3. The first-order valence-corrected chi connectivity index (χ1v) is 10.7. The molecule has 0 spiro atoms. The summed E-state index contributed by atoms with van der Waals surface area (Å²) in [7, 11) is -0.862. The van der Waals surface area contributed by atoms with Crippen molar-refractivity contribution in [2.75, 3.05) is 26.1 Å². The molecule has 9 heteroatoms. The molecular weight excluding hydrogens is 408 g/mol. The zero-order valence-corrected chi connectivity index (χ0v) is 18.1. The zero-order valence-electron chi connectivity index (χ0n) is 17.3. The molecule has 0 atom stereocenters. The van der Waals surface area contributed by atoms with Crippen molar-refractivity contribution in [1.82, 2.24) is 4.57 Å². The summed E-state index contributed by atoms with van der Waals surface area (Å²) in [5.41, 5.74) is 1.27. The number of carbonyl (C=O) groups excluding carboxylic acids is 1. The maximum Gasteiger partial charge on any atom is 0.292 e. The Bertz CT molecular complexity index is 1130. The highest BCUT2D eigenvalue weighted by Gasteiger charge is 2.31. The second-order valence-corrected chi connectivity index (χ2v) is 8.53. The minimum atomic E-state index is -3.93. The third-order valence-electron chi connectivity index (χ3n) is 4.91. The molecule has 30 heavy (non-hydrogen) atoms. The fraction of sp³-hybridized carbons (Fsp3) is 0.286. The van der Waals surface area contributed by atoms with Crippen molar-refractivity contribution in [3.05, 3.63) is 59.7 Å². The standard InChI is InChI=1S/C21H24N2O6S/c1-14-15(2)23(11-13-27-3)20(22-21(24)18-6-5-12-29-18)19(14)30(25,26)17-9-7-16(28-4)8-10-17/h5-10,12H,11,13H2,1-4H3,(H,22,24). The number of sulfone groups is 1. The van der Waals surface area contributed by atoms with E-state index in [-0.39, 0.29) is 21.4 Å². The van der Waals surface area contributed by atoms with Crippen molar-refractivity contribution in [2.45, 2.75) is 30.2 Å². The highest BCUT2D eigenvalue weighted by Crippen LogP contribution is 2.36. The van der Waals surface area contributed by atoms with Crippen LogP contribution in [0.3, 0.4) is 0 Å². The van der Waals surface area contributed by atoms with Crippen LogP contribution in [-0.2, 0) is 21.1 Å². The first kappa shape index (κ1) is 21.7. The van der Waals surface area contributed by atoms with Gasteiger partial charge in [-0.25, -0.2) is 8.42 Å². The summed E-state index contributed by atoms with van der Waals surface area (Å²) in [5, 5.41) is 2.72. The second-order valence-electron chi connectivity index (χ2n) is 6.64. The number of hydrogen-bond acceptors (Lipinski definition) is 6. The fourth-order valence-electron chi connectivity index (χ4n) is 3.20. The van der Waals surface area contributed by atoms with Crippen molar-refractivity contribution in [2.24, 2.45) is 0 Å². The van der Waals surface area contributed by atoms with Gasteiger partial charge in [-0.3, -0.25) is 4.79 Å². The highest BCUT2D eigenvalue weighted by molar-refractivity contribution is 7.91. The molecule has 0 bridgehead atoms. The molecule has 0 fully saturated rings. The van der Waals surface area contributed by atoms with E-state index in [0.29, 0.717) is 30.2 Å². The molecule has 0 aliphatic rings. The Morgan fingerprint density at radius 3 is 2.40 bits per heavy atom. The van der Waals surface area contributed by atoms with Gasteiger partial charge in [-0.1, -0.05) is 0 Å². The molecule has 0 unspecified atom stereocenters. The maximum atomic E-state index is 13.5. The van der Waals surface area contributed by atoms with Gasteiger partial charge in [-0.15, -0.1) is 0 Å². The van der Waals surface area contributed by atoms with E-state index in [0.717, 1.165) is 0 Å². The van der Waals surface area contributed by atoms with Crippen LogP contribution in [0.25, 0.3) is 0 Å². The summed E-state index contributed by atoms with van der Waals surface area (Å²) in [6.45, 7) is 4.24. The molecule has 0 saturated heterocycles. The molecule has 2 aromatic heterocycles. The number of anilines is 1. The van der Waals surface area contributed by atoms with Crippen LogP contribution >= 0.6 is 0 Å². The van der Waals surface area contributed by atoms with Gasteiger partial charge in [0.25, 0.3) is 5.91 Å². The summed E-state index contributed by atoms with van der Waals surface area (Å²) in [6.07, 6.45) is 1.38.